The lowest BCUT2D eigenvalue weighted by molar-refractivity contribution is -0.127. The zero-order chi connectivity index (χ0) is 22.4. The van der Waals surface area contributed by atoms with E-state index in [0.717, 1.165) is 11.3 Å². The number of halogens is 1. The van der Waals surface area contributed by atoms with Gasteiger partial charge in [0.1, 0.15) is 18.2 Å². The largest absolute Gasteiger partial charge is 0.486 e. The minimum atomic E-state index is -0.324. The number of hydrogen-bond donors (Lipinski definition) is 1. The average molecular weight is 444 g/mol. The molecule has 0 spiro atoms. The summed E-state index contributed by atoms with van der Waals surface area (Å²) in [6.45, 7) is 4.76. The van der Waals surface area contributed by atoms with Gasteiger partial charge >= 0.3 is 0 Å². The van der Waals surface area contributed by atoms with Gasteiger partial charge in [0, 0.05) is 13.6 Å². The number of hydrogen-bond acceptors (Lipinski definition) is 6. The third-order valence-electron chi connectivity index (χ3n) is 4.71. The van der Waals surface area contributed by atoms with Crippen molar-refractivity contribution in [3.8, 4) is 5.75 Å². The predicted molar refractivity (Wildman–Crippen MR) is 119 cm³/mol. The molecule has 0 saturated carbocycles. The second-order valence-electron chi connectivity index (χ2n) is 7.45. The second-order valence-corrected chi connectivity index (χ2v) is 8.39. The number of aromatic nitrogens is 3. The molecule has 0 radical (unpaired) electrons. The minimum Gasteiger partial charge on any atom is -0.486 e. The highest BCUT2D eigenvalue weighted by Gasteiger charge is 2.15. The highest BCUT2D eigenvalue weighted by atomic mass is 32.2. The Bertz CT molecular complexity index is 1020. The summed E-state index contributed by atoms with van der Waals surface area (Å²) in [5.41, 5.74) is 1.96. The normalized spacial score (nSPS) is 11.0. The molecular weight excluding hydrogens is 417 g/mol. The average Bonchev–Trinajstić information content (AvgIpc) is 3.10. The Morgan fingerprint density at radius 3 is 2.65 bits per heavy atom. The van der Waals surface area contributed by atoms with Crippen LogP contribution in [0, 0.1) is 5.82 Å². The maximum Gasteiger partial charge on any atom is 0.233 e. The quantitative estimate of drug-likeness (QED) is 0.402. The summed E-state index contributed by atoms with van der Waals surface area (Å²) in [6.07, 6.45) is 0. The first kappa shape index (κ1) is 22.6. The molecule has 0 aliphatic rings. The first-order valence-corrected chi connectivity index (χ1v) is 10.9. The molecule has 7 nitrogen and oxygen atoms in total. The van der Waals surface area contributed by atoms with Crippen LogP contribution in [0.1, 0.15) is 36.7 Å². The van der Waals surface area contributed by atoms with Gasteiger partial charge < -0.3 is 15.5 Å². The molecule has 31 heavy (non-hydrogen) atoms. The van der Waals surface area contributed by atoms with E-state index in [1.807, 2.05) is 24.3 Å². The third-order valence-corrected chi connectivity index (χ3v) is 5.64. The van der Waals surface area contributed by atoms with Crippen LogP contribution in [0.4, 0.5) is 4.39 Å². The molecule has 0 unspecified atom stereocenters. The SMILES string of the molecule is CC(C)c1ccc(OCc2nnc(SCC(=O)N(C)Cc3cccc(F)c3)n2N)cc1. The predicted octanol–water partition coefficient (Wildman–Crippen LogP) is 3.58. The van der Waals surface area contributed by atoms with Crippen LogP contribution < -0.4 is 10.6 Å². The highest BCUT2D eigenvalue weighted by molar-refractivity contribution is 7.99. The number of carbonyl (C=O) groups excluding carboxylic acids is 1. The number of nitrogens with zero attached hydrogens (tertiary/aromatic N) is 4. The first-order valence-electron chi connectivity index (χ1n) is 9.87. The Labute approximate surface area is 185 Å². The smallest absolute Gasteiger partial charge is 0.233 e. The Balaban J connectivity index is 1.50. The molecule has 1 heterocycles. The number of nitrogen functional groups attached to an aromatic ring is 1. The van der Waals surface area contributed by atoms with Crippen molar-refractivity contribution in [1.29, 1.82) is 0 Å². The van der Waals surface area contributed by atoms with Crippen molar-refractivity contribution >= 4 is 17.7 Å². The lowest BCUT2D eigenvalue weighted by atomic mass is 10.0. The molecule has 1 amide bonds. The Morgan fingerprint density at radius 2 is 1.97 bits per heavy atom. The van der Waals surface area contributed by atoms with Crippen LogP contribution in [0.15, 0.2) is 53.7 Å². The molecule has 0 aliphatic heterocycles. The summed E-state index contributed by atoms with van der Waals surface area (Å²) in [7, 11) is 1.67. The van der Waals surface area contributed by atoms with Gasteiger partial charge in [-0.3, -0.25) is 4.79 Å². The molecule has 0 bridgehead atoms. The molecule has 0 atom stereocenters. The summed E-state index contributed by atoms with van der Waals surface area (Å²) in [4.78, 5) is 13.9. The van der Waals surface area contributed by atoms with E-state index < -0.39 is 0 Å². The van der Waals surface area contributed by atoms with Gasteiger partial charge in [-0.25, -0.2) is 9.07 Å². The van der Waals surface area contributed by atoms with Crippen LogP contribution in [-0.4, -0.2) is 38.5 Å². The first-order chi connectivity index (χ1) is 14.8. The molecule has 0 saturated heterocycles. The molecule has 2 N–H and O–H groups in total. The minimum absolute atomic E-state index is 0.125. The van der Waals surface area contributed by atoms with Crippen molar-refractivity contribution in [2.45, 2.75) is 38.1 Å². The van der Waals surface area contributed by atoms with E-state index in [4.69, 9.17) is 10.6 Å². The monoisotopic (exact) mass is 443 g/mol. The maximum absolute atomic E-state index is 13.3. The molecule has 9 heteroatoms. The standard InChI is InChI=1S/C22H26FN5O2S/c1-15(2)17-7-9-19(10-8-17)30-13-20-25-26-22(28(20)24)31-14-21(29)27(3)12-16-5-4-6-18(23)11-16/h4-11,15H,12-14,24H2,1-3H3. The molecule has 3 rings (SSSR count). The van der Waals surface area contributed by atoms with Crippen molar-refractivity contribution in [2.24, 2.45) is 0 Å². The fourth-order valence-corrected chi connectivity index (χ4v) is 3.65. The van der Waals surface area contributed by atoms with E-state index in [1.165, 1.54) is 39.0 Å². The fraction of sp³-hybridized carbons (Fsp3) is 0.318. The number of ether oxygens (including phenoxy) is 1. The van der Waals surface area contributed by atoms with E-state index in [2.05, 4.69) is 24.0 Å². The number of rotatable bonds is 9. The van der Waals surface area contributed by atoms with Crippen LogP contribution in [0.5, 0.6) is 5.75 Å². The van der Waals surface area contributed by atoms with E-state index in [-0.39, 0.29) is 24.1 Å². The van der Waals surface area contributed by atoms with Crippen molar-refractivity contribution in [1.82, 2.24) is 19.8 Å². The molecule has 3 aromatic rings. The van der Waals surface area contributed by atoms with Gasteiger partial charge in [-0.15, -0.1) is 10.2 Å². The van der Waals surface area contributed by atoms with E-state index >= 15 is 0 Å². The lowest BCUT2D eigenvalue weighted by Crippen LogP contribution is -2.28. The number of benzene rings is 2. The van der Waals surface area contributed by atoms with Crippen molar-refractivity contribution < 1.29 is 13.9 Å². The lowest BCUT2D eigenvalue weighted by Gasteiger charge is -2.17. The van der Waals surface area contributed by atoms with Crippen LogP contribution in [-0.2, 0) is 17.9 Å². The Morgan fingerprint density at radius 1 is 1.23 bits per heavy atom. The van der Waals surface area contributed by atoms with Gasteiger partial charge in [0.05, 0.1) is 5.75 Å². The molecular formula is C22H26FN5O2S. The van der Waals surface area contributed by atoms with Crippen molar-refractivity contribution in [3.63, 3.8) is 0 Å². The van der Waals surface area contributed by atoms with Gasteiger partial charge in [0.2, 0.25) is 11.1 Å². The van der Waals surface area contributed by atoms with Gasteiger partial charge in [0.25, 0.3) is 0 Å². The maximum atomic E-state index is 13.3. The van der Waals surface area contributed by atoms with Crippen LogP contribution in [0.25, 0.3) is 0 Å². The number of nitrogens with two attached hydrogens (primary N) is 1. The number of thioether (sulfide) groups is 1. The van der Waals surface area contributed by atoms with Crippen LogP contribution in [0.2, 0.25) is 0 Å². The molecule has 164 valence electrons. The van der Waals surface area contributed by atoms with Gasteiger partial charge in [0.15, 0.2) is 5.82 Å². The zero-order valence-corrected chi connectivity index (χ0v) is 18.6. The van der Waals surface area contributed by atoms with Gasteiger partial charge in [-0.1, -0.05) is 49.9 Å². The Kier molecular flexibility index (Phi) is 7.51. The van der Waals surface area contributed by atoms with Gasteiger partial charge in [-0.05, 0) is 41.3 Å². The number of amides is 1. The molecule has 0 aliphatic carbocycles. The summed E-state index contributed by atoms with van der Waals surface area (Å²) >= 11 is 1.19. The summed E-state index contributed by atoms with van der Waals surface area (Å²) < 4.78 is 20.4. The topological polar surface area (TPSA) is 86.3 Å². The number of carbonyl (C=O) groups is 1. The van der Waals surface area contributed by atoms with E-state index in [0.29, 0.717) is 23.4 Å². The molecule has 0 fully saturated rings. The van der Waals surface area contributed by atoms with Crippen molar-refractivity contribution in [2.75, 3.05) is 18.6 Å². The van der Waals surface area contributed by atoms with Gasteiger partial charge in [-0.2, -0.15) is 0 Å². The molecule has 2 aromatic carbocycles. The van der Waals surface area contributed by atoms with Crippen LogP contribution in [0.3, 0.4) is 0 Å². The third kappa shape index (κ3) is 6.21. The van der Waals surface area contributed by atoms with Crippen molar-refractivity contribution in [3.05, 3.63) is 71.3 Å². The summed E-state index contributed by atoms with van der Waals surface area (Å²) in [5, 5.41) is 8.51. The van der Waals surface area contributed by atoms with Crippen LogP contribution >= 0.6 is 11.8 Å². The summed E-state index contributed by atoms with van der Waals surface area (Å²) in [6, 6.07) is 14.1. The summed E-state index contributed by atoms with van der Waals surface area (Å²) in [5.74, 6) is 7.37. The highest BCUT2D eigenvalue weighted by Crippen LogP contribution is 2.20. The fourth-order valence-electron chi connectivity index (χ4n) is 2.83. The van der Waals surface area contributed by atoms with E-state index in [9.17, 15) is 9.18 Å². The molecule has 1 aromatic heterocycles. The zero-order valence-electron chi connectivity index (χ0n) is 17.8. The second kappa shape index (κ2) is 10.3. The van der Waals surface area contributed by atoms with E-state index in [1.54, 1.807) is 19.2 Å². The Hall–Kier alpha value is -3.07.